The van der Waals surface area contributed by atoms with Crippen molar-refractivity contribution < 1.29 is 19.4 Å². The molecule has 0 fully saturated rings. The maximum atomic E-state index is 13.4. The highest BCUT2D eigenvalue weighted by Gasteiger charge is 2.51. The van der Waals surface area contributed by atoms with Crippen LogP contribution in [-0.4, -0.2) is 23.9 Å². The Kier molecular flexibility index (Phi) is 6.01. The van der Waals surface area contributed by atoms with Gasteiger partial charge in [0.1, 0.15) is 5.75 Å². The van der Waals surface area contributed by atoms with E-state index in [1.807, 2.05) is 30.3 Å². The molecule has 0 radical (unpaired) electrons. The molecule has 1 amide bonds. The summed E-state index contributed by atoms with van der Waals surface area (Å²) in [5, 5.41) is 11.5. The van der Waals surface area contributed by atoms with Crippen LogP contribution >= 0.6 is 31.9 Å². The van der Waals surface area contributed by atoms with Crippen molar-refractivity contribution in [2.45, 2.75) is 18.6 Å². The van der Waals surface area contributed by atoms with Gasteiger partial charge >= 0.3 is 0 Å². The number of carbonyl (C=O) groups is 2. The highest BCUT2D eigenvalue weighted by Crippen LogP contribution is 2.44. The Bertz CT molecular complexity index is 1150. The zero-order valence-electron chi connectivity index (χ0n) is 16.6. The summed E-state index contributed by atoms with van der Waals surface area (Å²) >= 11 is 6.82. The van der Waals surface area contributed by atoms with Crippen molar-refractivity contribution in [2.75, 3.05) is 12.0 Å². The van der Waals surface area contributed by atoms with Gasteiger partial charge in [0, 0.05) is 20.1 Å². The number of benzene rings is 3. The molecule has 1 unspecified atom stereocenters. The van der Waals surface area contributed by atoms with Gasteiger partial charge in [-0.1, -0.05) is 44.0 Å². The van der Waals surface area contributed by atoms with Crippen molar-refractivity contribution in [1.29, 1.82) is 0 Å². The smallest absolute Gasteiger partial charge is 0.264 e. The number of aliphatic hydroxyl groups is 1. The van der Waals surface area contributed by atoms with E-state index in [2.05, 4.69) is 31.9 Å². The number of carbonyl (C=O) groups excluding carboxylic acids is 2. The first-order valence-electron chi connectivity index (χ1n) is 9.58. The Hall–Kier alpha value is -2.48. The maximum absolute atomic E-state index is 13.4. The number of ether oxygens (including phenoxy) is 1. The normalized spacial score (nSPS) is 17.5. The van der Waals surface area contributed by atoms with Crippen LogP contribution < -0.4 is 9.64 Å². The summed E-state index contributed by atoms with van der Waals surface area (Å²) in [6, 6.07) is 19.5. The molecule has 4 rings (SSSR count). The number of ketones is 1. The summed E-state index contributed by atoms with van der Waals surface area (Å²) in [4.78, 5) is 27.9. The molecule has 158 valence electrons. The molecule has 3 aromatic carbocycles. The first-order chi connectivity index (χ1) is 14.8. The van der Waals surface area contributed by atoms with Crippen molar-refractivity contribution in [3.05, 3.63) is 92.4 Å². The molecular formula is C24H19Br2NO4. The van der Waals surface area contributed by atoms with E-state index in [1.165, 1.54) is 4.90 Å². The molecule has 0 spiro atoms. The van der Waals surface area contributed by atoms with Crippen LogP contribution in [0.15, 0.2) is 75.7 Å². The van der Waals surface area contributed by atoms with E-state index < -0.39 is 11.5 Å². The third-order valence-electron chi connectivity index (χ3n) is 5.38. The number of rotatable bonds is 6. The van der Waals surface area contributed by atoms with Gasteiger partial charge < -0.3 is 14.7 Å². The number of amides is 1. The van der Waals surface area contributed by atoms with E-state index in [0.29, 0.717) is 29.1 Å². The minimum absolute atomic E-state index is 0.291. The van der Waals surface area contributed by atoms with Gasteiger partial charge in [0.2, 0.25) is 0 Å². The van der Waals surface area contributed by atoms with Gasteiger partial charge in [-0.25, -0.2) is 0 Å². The van der Waals surface area contributed by atoms with Gasteiger partial charge in [-0.2, -0.15) is 0 Å². The molecule has 0 bridgehead atoms. The highest BCUT2D eigenvalue weighted by molar-refractivity contribution is 9.10. The van der Waals surface area contributed by atoms with Crippen molar-refractivity contribution in [1.82, 2.24) is 0 Å². The lowest BCUT2D eigenvalue weighted by atomic mass is 9.88. The highest BCUT2D eigenvalue weighted by atomic mass is 79.9. The molecule has 7 heteroatoms. The summed E-state index contributed by atoms with van der Waals surface area (Å²) in [6.45, 7) is 0.291. The Morgan fingerprint density at radius 1 is 1.00 bits per heavy atom. The number of fused-ring (bicyclic) bond motifs is 1. The quantitative estimate of drug-likeness (QED) is 0.432. The molecule has 0 aliphatic carbocycles. The molecule has 31 heavy (non-hydrogen) atoms. The maximum Gasteiger partial charge on any atom is 0.264 e. The first kappa shape index (κ1) is 21.7. The lowest BCUT2D eigenvalue weighted by molar-refractivity contribution is -0.136. The van der Waals surface area contributed by atoms with Gasteiger partial charge in [-0.15, -0.1) is 0 Å². The summed E-state index contributed by atoms with van der Waals surface area (Å²) in [6.07, 6.45) is -0.349. The van der Waals surface area contributed by atoms with E-state index in [1.54, 1.807) is 43.5 Å². The average molecular weight is 545 g/mol. The molecule has 1 aliphatic heterocycles. The Labute approximate surface area is 196 Å². The van der Waals surface area contributed by atoms with Crippen molar-refractivity contribution >= 4 is 49.2 Å². The predicted octanol–water partition coefficient (Wildman–Crippen LogP) is 5.23. The number of anilines is 1. The minimum Gasteiger partial charge on any atom is -0.497 e. The second kappa shape index (κ2) is 8.57. The molecule has 3 aromatic rings. The molecule has 5 nitrogen and oxygen atoms in total. The fourth-order valence-electron chi connectivity index (χ4n) is 3.73. The number of hydrogen-bond donors (Lipinski definition) is 1. The Balaban J connectivity index is 1.67. The van der Waals surface area contributed by atoms with E-state index in [4.69, 9.17) is 4.74 Å². The van der Waals surface area contributed by atoms with Gasteiger partial charge in [0.25, 0.3) is 5.91 Å². The van der Waals surface area contributed by atoms with Crippen LogP contribution in [0.2, 0.25) is 0 Å². The molecule has 1 heterocycles. The zero-order chi connectivity index (χ0) is 22.2. The third-order valence-corrected chi connectivity index (χ3v) is 6.40. The lowest BCUT2D eigenvalue weighted by Crippen LogP contribution is -2.41. The number of Topliss-reactive ketones (excluding diaryl/α,β-unsaturated/α-hetero) is 1. The fraction of sp³-hybridized carbons (Fsp3) is 0.167. The van der Waals surface area contributed by atoms with Crippen LogP contribution in [0, 0.1) is 0 Å². The second-order valence-electron chi connectivity index (χ2n) is 7.37. The van der Waals surface area contributed by atoms with Crippen LogP contribution in [0.4, 0.5) is 5.69 Å². The van der Waals surface area contributed by atoms with Crippen molar-refractivity contribution in [3.8, 4) is 5.75 Å². The lowest BCUT2D eigenvalue weighted by Gasteiger charge is -2.23. The molecule has 0 saturated heterocycles. The van der Waals surface area contributed by atoms with E-state index in [-0.39, 0.29) is 12.2 Å². The predicted molar refractivity (Wildman–Crippen MR) is 125 cm³/mol. The standard InChI is InChI=1S/C24H19Br2NO4/c1-31-19-9-4-16(5-10-19)22(28)13-24(30)20-12-18(26)8-11-21(20)27(23(24)29)14-15-2-6-17(25)7-3-15/h2-12,30H,13-14H2,1H3. The summed E-state index contributed by atoms with van der Waals surface area (Å²) in [7, 11) is 1.55. The molecule has 0 aromatic heterocycles. The Morgan fingerprint density at radius 2 is 1.65 bits per heavy atom. The second-order valence-corrected chi connectivity index (χ2v) is 9.20. The number of nitrogens with zero attached hydrogens (tertiary/aromatic N) is 1. The van der Waals surface area contributed by atoms with Crippen LogP contribution in [-0.2, 0) is 16.9 Å². The fourth-order valence-corrected chi connectivity index (χ4v) is 4.36. The van der Waals surface area contributed by atoms with E-state index in [0.717, 1.165) is 14.5 Å². The van der Waals surface area contributed by atoms with E-state index >= 15 is 0 Å². The van der Waals surface area contributed by atoms with Crippen molar-refractivity contribution in [2.24, 2.45) is 0 Å². The van der Waals surface area contributed by atoms with E-state index in [9.17, 15) is 14.7 Å². The summed E-state index contributed by atoms with van der Waals surface area (Å²) in [5.41, 5.74) is 0.402. The van der Waals surface area contributed by atoms with Gasteiger partial charge in [0.05, 0.1) is 25.8 Å². The zero-order valence-corrected chi connectivity index (χ0v) is 19.8. The Morgan fingerprint density at radius 3 is 2.29 bits per heavy atom. The monoisotopic (exact) mass is 543 g/mol. The van der Waals surface area contributed by atoms with Gasteiger partial charge in [-0.3, -0.25) is 9.59 Å². The largest absolute Gasteiger partial charge is 0.497 e. The SMILES string of the molecule is COc1ccc(C(=O)CC2(O)C(=O)N(Cc3ccc(Br)cc3)c3ccc(Br)cc32)cc1. The minimum atomic E-state index is -1.94. The molecule has 0 saturated carbocycles. The third kappa shape index (κ3) is 4.18. The summed E-state index contributed by atoms with van der Waals surface area (Å²) in [5.74, 6) is -0.206. The molecule has 1 atom stereocenters. The van der Waals surface area contributed by atoms with Crippen LogP contribution in [0.5, 0.6) is 5.75 Å². The van der Waals surface area contributed by atoms with Crippen molar-refractivity contribution in [3.63, 3.8) is 0 Å². The average Bonchev–Trinajstić information content (AvgIpc) is 2.96. The molecule has 1 aliphatic rings. The first-order valence-corrected chi connectivity index (χ1v) is 11.2. The number of hydrogen-bond acceptors (Lipinski definition) is 4. The van der Waals surface area contributed by atoms with Gasteiger partial charge in [-0.05, 0) is 60.2 Å². The van der Waals surface area contributed by atoms with Gasteiger partial charge in [0.15, 0.2) is 11.4 Å². The number of halogens is 2. The molecule has 1 N–H and O–H groups in total. The topological polar surface area (TPSA) is 66.8 Å². The van der Waals surface area contributed by atoms with Crippen LogP contribution in [0.25, 0.3) is 0 Å². The van der Waals surface area contributed by atoms with Crippen LogP contribution in [0.3, 0.4) is 0 Å². The summed E-state index contributed by atoms with van der Waals surface area (Å²) < 4.78 is 6.79. The van der Waals surface area contributed by atoms with Crippen LogP contribution in [0.1, 0.15) is 27.9 Å². The molecular weight excluding hydrogens is 526 g/mol. The number of methoxy groups -OCH3 is 1.